The summed E-state index contributed by atoms with van der Waals surface area (Å²) in [6, 6.07) is 21.2. The lowest BCUT2D eigenvalue weighted by atomic mass is 10.1. The zero-order valence-electron chi connectivity index (χ0n) is 26.2. The quantitative estimate of drug-likeness (QED) is 0.154. The normalized spacial score (nSPS) is 13.2. The molecule has 2 N–H and O–H groups in total. The van der Waals surface area contributed by atoms with E-state index in [1.807, 2.05) is 72.1 Å². The summed E-state index contributed by atoms with van der Waals surface area (Å²) in [6.45, 7) is 5.25. The van der Waals surface area contributed by atoms with Gasteiger partial charge in [0.25, 0.3) is 5.91 Å². The van der Waals surface area contributed by atoms with E-state index in [0.717, 1.165) is 22.1 Å². The molecule has 240 valence electrons. The van der Waals surface area contributed by atoms with Crippen molar-refractivity contribution in [3.05, 3.63) is 102 Å². The van der Waals surface area contributed by atoms with Gasteiger partial charge >= 0.3 is 0 Å². The average molecular weight is 650 g/mol. The van der Waals surface area contributed by atoms with Gasteiger partial charge in [-0.25, -0.2) is 9.97 Å². The first-order chi connectivity index (χ1) is 22.9. The molecule has 10 nitrogen and oxygen atoms in total. The molecule has 1 fully saturated rings. The largest absolute Gasteiger partial charge is 0.495 e. The Morgan fingerprint density at radius 3 is 2.49 bits per heavy atom. The van der Waals surface area contributed by atoms with Crippen LogP contribution in [0.4, 0.5) is 11.5 Å². The molecule has 47 heavy (non-hydrogen) atoms. The van der Waals surface area contributed by atoms with Crippen molar-refractivity contribution in [1.29, 1.82) is 0 Å². The van der Waals surface area contributed by atoms with E-state index in [2.05, 4.69) is 27.2 Å². The van der Waals surface area contributed by atoms with E-state index < -0.39 is 0 Å². The van der Waals surface area contributed by atoms with Gasteiger partial charge in [-0.1, -0.05) is 43.0 Å². The van der Waals surface area contributed by atoms with Crippen LogP contribution in [0.5, 0.6) is 17.2 Å². The van der Waals surface area contributed by atoms with Crippen LogP contribution < -0.4 is 24.8 Å². The molecule has 1 aliphatic heterocycles. The first-order valence-electron chi connectivity index (χ1n) is 15.2. The summed E-state index contributed by atoms with van der Waals surface area (Å²) >= 11 is 1.40. The lowest BCUT2D eigenvalue weighted by Crippen LogP contribution is -2.41. The summed E-state index contributed by atoms with van der Waals surface area (Å²) < 4.78 is 17.8. The van der Waals surface area contributed by atoms with Crippen LogP contribution in [0.15, 0.2) is 91.1 Å². The number of aromatic nitrogens is 2. The number of piperidine rings is 1. The minimum Gasteiger partial charge on any atom is -0.495 e. The first kappa shape index (κ1) is 31.6. The number of nitrogens with one attached hydrogen (secondary N) is 2. The van der Waals surface area contributed by atoms with E-state index in [9.17, 15) is 9.59 Å². The Balaban J connectivity index is 1.23. The Morgan fingerprint density at radius 1 is 0.957 bits per heavy atom. The van der Waals surface area contributed by atoms with Crippen molar-refractivity contribution >= 4 is 45.6 Å². The van der Waals surface area contributed by atoms with E-state index in [1.165, 1.54) is 23.7 Å². The molecule has 0 aliphatic carbocycles. The van der Waals surface area contributed by atoms with Crippen LogP contribution in [-0.2, 0) is 11.3 Å². The molecule has 0 spiro atoms. The molecule has 2 amide bonds. The molecule has 0 unspecified atom stereocenters. The fourth-order valence-corrected chi connectivity index (χ4v) is 6.34. The number of rotatable bonds is 11. The van der Waals surface area contributed by atoms with Gasteiger partial charge in [0.1, 0.15) is 24.0 Å². The second kappa shape index (κ2) is 14.3. The Bertz CT molecular complexity index is 1900. The predicted molar refractivity (Wildman–Crippen MR) is 184 cm³/mol. The highest BCUT2D eigenvalue weighted by atomic mass is 32.1. The number of hydrogen-bond acceptors (Lipinski definition) is 9. The zero-order chi connectivity index (χ0) is 32.8. The number of likely N-dealkylation sites (tertiary alicyclic amines) is 1. The highest BCUT2D eigenvalue weighted by molar-refractivity contribution is 7.12. The van der Waals surface area contributed by atoms with E-state index in [1.54, 1.807) is 19.1 Å². The molecule has 0 atom stereocenters. The maximum atomic E-state index is 12.9. The monoisotopic (exact) mass is 649 g/mol. The smallest absolute Gasteiger partial charge is 0.261 e. The van der Waals surface area contributed by atoms with Crippen molar-refractivity contribution in [2.24, 2.45) is 0 Å². The second-order valence-corrected chi connectivity index (χ2v) is 11.9. The van der Waals surface area contributed by atoms with E-state index in [0.29, 0.717) is 71.6 Å². The van der Waals surface area contributed by atoms with Gasteiger partial charge in [0.15, 0.2) is 11.5 Å². The molecule has 5 aromatic rings. The third-order valence-electron chi connectivity index (χ3n) is 8.05. The number of nitrogens with zero attached hydrogens (tertiary/aromatic N) is 3. The van der Waals surface area contributed by atoms with Crippen LogP contribution in [0.3, 0.4) is 0 Å². The lowest BCUT2D eigenvalue weighted by molar-refractivity contribution is -0.127. The average Bonchev–Trinajstić information content (AvgIpc) is 3.62. The topological polar surface area (TPSA) is 115 Å². The van der Waals surface area contributed by atoms with Crippen molar-refractivity contribution in [1.82, 2.24) is 20.2 Å². The summed E-state index contributed by atoms with van der Waals surface area (Å²) in [6.07, 6.45) is 4.15. The number of amides is 2. The van der Waals surface area contributed by atoms with Crippen LogP contribution in [-0.4, -0.2) is 60.1 Å². The Hall–Kier alpha value is -5.42. The van der Waals surface area contributed by atoms with E-state index in [4.69, 9.17) is 14.2 Å². The maximum Gasteiger partial charge on any atom is 0.261 e. The van der Waals surface area contributed by atoms with Crippen molar-refractivity contribution in [2.75, 3.05) is 32.6 Å². The van der Waals surface area contributed by atoms with Crippen LogP contribution in [0.1, 0.15) is 28.1 Å². The minimum absolute atomic E-state index is 0.0668. The Labute approximate surface area is 277 Å². The first-order valence-corrected chi connectivity index (χ1v) is 16.1. The molecule has 6 rings (SSSR count). The summed E-state index contributed by atoms with van der Waals surface area (Å²) in [7, 11) is 3.21. The van der Waals surface area contributed by atoms with E-state index >= 15 is 0 Å². The summed E-state index contributed by atoms with van der Waals surface area (Å²) in [4.78, 5) is 36.3. The SMILES string of the molecule is C=CC(=O)N1CCC(Oc2cc3c(Nc4cc(-c5csc(C(=O)NCc6ccccc6)c5)ccc4OC)ncnc3cc2OC)CC1. The molecule has 3 heterocycles. The minimum atomic E-state index is -0.117. The number of ether oxygens (including phenoxy) is 3. The number of benzene rings is 3. The van der Waals surface area contributed by atoms with Gasteiger partial charge in [-0.05, 0) is 52.4 Å². The van der Waals surface area contributed by atoms with Gasteiger partial charge in [0.05, 0.1) is 30.3 Å². The fourth-order valence-electron chi connectivity index (χ4n) is 5.50. The number of carbonyl (C=O) groups is 2. The molecule has 1 saturated heterocycles. The number of carbonyl (C=O) groups excluding carboxylic acids is 2. The summed E-state index contributed by atoms with van der Waals surface area (Å²) in [5.74, 6) is 2.14. The molecular formula is C36H35N5O5S. The number of anilines is 2. The predicted octanol–water partition coefficient (Wildman–Crippen LogP) is 6.60. The van der Waals surface area contributed by atoms with Crippen LogP contribution in [0.25, 0.3) is 22.0 Å². The third kappa shape index (κ3) is 7.20. The Morgan fingerprint density at radius 2 is 1.74 bits per heavy atom. The highest BCUT2D eigenvalue weighted by Gasteiger charge is 2.24. The molecule has 11 heteroatoms. The molecule has 0 saturated carbocycles. The lowest BCUT2D eigenvalue weighted by Gasteiger charge is -2.31. The van der Waals surface area contributed by atoms with Gasteiger partial charge in [0, 0.05) is 43.9 Å². The van der Waals surface area contributed by atoms with Crippen LogP contribution in [0.2, 0.25) is 0 Å². The highest BCUT2D eigenvalue weighted by Crippen LogP contribution is 2.39. The summed E-state index contributed by atoms with van der Waals surface area (Å²) in [5, 5.41) is 9.14. The molecule has 0 bridgehead atoms. The van der Waals surface area contributed by atoms with Crippen LogP contribution in [0, 0.1) is 0 Å². The van der Waals surface area contributed by atoms with Crippen molar-refractivity contribution in [3.63, 3.8) is 0 Å². The van der Waals surface area contributed by atoms with Crippen molar-refractivity contribution in [3.8, 4) is 28.4 Å². The third-order valence-corrected chi connectivity index (χ3v) is 8.98. The second-order valence-electron chi connectivity index (χ2n) is 11.0. The van der Waals surface area contributed by atoms with Crippen molar-refractivity contribution in [2.45, 2.75) is 25.5 Å². The van der Waals surface area contributed by atoms with Crippen molar-refractivity contribution < 1.29 is 23.8 Å². The number of methoxy groups -OCH3 is 2. The number of hydrogen-bond donors (Lipinski definition) is 2. The molecule has 1 aliphatic rings. The standard InChI is InChI=1S/C36H35N5O5S/c1-4-34(42)41-14-12-26(13-15-41)46-32-18-27-28(19-31(32)45-3)38-22-39-35(27)40-29-16-24(10-11-30(29)44-2)25-17-33(47-21-25)36(43)37-20-23-8-6-5-7-9-23/h4-11,16-19,21-22,26H,1,12-15,20H2,2-3H3,(H,37,43)(H,38,39,40). The summed E-state index contributed by atoms with van der Waals surface area (Å²) in [5.41, 5.74) is 4.25. The van der Waals surface area contributed by atoms with Crippen LogP contribution >= 0.6 is 11.3 Å². The molecule has 0 radical (unpaired) electrons. The number of thiophene rings is 1. The maximum absolute atomic E-state index is 12.9. The van der Waals surface area contributed by atoms with E-state index in [-0.39, 0.29) is 17.9 Å². The van der Waals surface area contributed by atoms with Gasteiger partial charge in [-0.3, -0.25) is 9.59 Å². The molecule has 2 aromatic heterocycles. The zero-order valence-corrected chi connectivity index (χ0v) is 27.0. The Kier molecular flexibility index (Phi) is 9.63. The number of fused-ring (bicyclic) bond motifs is 1. The molecule has 3 aromatic carbocycles. The molecular weight excluding hydrogens is 614 g/mol. The van der Waals surface area contributed by atoms with Gasteiger partial charge in [-0.15, -0.1) is 11.3 Å². The van der Waals surface area contributed by atoms with Gasteiger partial charge < -0.3 is 29.7 Å². The fraction of sp³-hybridized carbons (Fsp3) is 0.222. The van der Waals surface area contributed by atoms with Gasteiger partial charge in [0.2, 0.25) is 5.91 Å². The van der Waals surface area contributed by atoms with Gasteiger partial charge in [-0.2, -0.15) is 0 Å².